The molecular formula is C13H23N3O3S. The van der Waals surface area contributed by atoms with Crippen LogP contribution >= 0.6 is 0 Å². The van der Waals surface area contributed by atoms with Gasteiger partial charge in [0, 0.05) is 20.1 Å². The van der Waals surface area contributed by atoms with E-state index in [-0.39, 0.29) is 0 Å². The summed E-state index contributed by atoms with van der Waals surface area (Å²) >= 11 is 0. The third-order valence-electron chi connectivity index (χ3n) is 2.96. The molecule has 0 aliphatic carbocycles. The van der Waals surface area contributed by atoms with Crippen molar-refractivity contribution in [2.45, 2.75) is 12.8 Å². The molecule has 0 atom stereocenters. The van der Waals surface area contributed by atoms with E-state index in [1.54, 1.807) is 14.2 Å². The first-order valence-electron chi connectivity index (χ1n) is 6.54. The number of benzene rings is 1. The molecule has 20 heavy (non-hydrogen) atoms. The van der Waals surface area contributed by atoms with E-state index in [1.807, 2.05) is 24.3 Å². The summed E-state index contributed by atoms with van der Waals surface area (Å²) in [5, 5.41) is 0. The molecule has 7 heteroatoms. The molecule has 0 radical (unpaired) electrons. The van der Waals surface area contributed by atoms with Crippen LogP contribution in [-0.4, -0.2) is 46.5 Å². The predicted octanol–water partition coefficient (Wildman–Crippen LogP) is 0.353. The zero-order valence-electron chi connectivity index (χ0n) is 12.0. The van der Waals surface area contributed by atoms with Gasteiger partial charge in [0.05, 0.1) is 7.11 Å². The van der Waals surface area contributed by atoms with Crippen LogP contribution in [0.2, 0.25) is 0 Å². The third-order valence-corrected chi connectivity index (χ3v) is 4.53. The van der Waals surface area contributed by atoms with Crippen molar-refractivity contribution in [2.24, 2.45) is 5.73 Å². The summed E-state index contributed by atoms with van der Waals surface area (Å²) in [6.45, 7) is 1.22. The van der Waals surface area contributed by atoms with Gasteiger partial charge < -0.3 is 10.5 Å². The second kappa shape index (κ2) is 8.21. The van der Waals surface area contributed by atoms with Gasteiger partial charge in [0.15, 0.2) is 0 Å². The van der Waals surface area contributed by atoms with Crippen molar-refractivity contribution in [3.8, 4) is 5.75 Å². The summed E-state index contributed by atoms with van der Waals surface area (Å²) in [5.74, 6) is 0.767. The van der Waals surface area contributed by atoms with E-state index in [0.717, 1.165) is 11.3 Å². The maximum atomic E-state index is 11.9. The topological polar surface area (TPSA) is 84.7 Å². The summed E-state index contributed by atoms with van der Waals surface area (Å²) in [6, 6.07) is 7.56. The van der Waals surface area contributed by atoms with Crippen LogP contribution in [0.5, 0.6) is 5.75 Å². The second-order valence-corrected chi connectivity index (χ2v) is 6.29. The van der Waals surface area contributed by atoms with Crippen LogP contribution in [-0.2, 0) is 16.6 Å². The van der Waals surface area contributed by atoms with Crippen molar-refractivity contribution < 1.29 is 13.2 Å². The standard InChI is InChI=1S/C13H23N3O3S/c1-16(11-5-9-14)20(17,18)15-10-8-12-6-3-4-7-13(12)19-2/h3-4,6-7,15H,5,8-11,14H2,1-2H3. The van der Waals surface area contributed by atoms with Gasteiger partial charge in [-0.25, -0.2) is 4.72 Å². The number of rotatable bonds is 9. The number of hydrogen-bond acceptors (Lipinski definition) is 4. The lowest BCUT2D eigenvalue weighted by Gasteiger charge is -2.17. The molecule has 6 nitrogen and oxygen atoms in total. The summed E-state index contributed by atoms with van der Waals surface area (Å²) < 4.78 is 32.9. The Balaban J connectivity index is 2.50. The fraction of sp³-hybridized carbons (Fsp3) is 0.538. The number of nitrogens with two attached hydrogens (primary N) is 1. The lowest BCUT2D eigenvalue weighted by molar-refractivity contribution is 0.409. The normalized spacial score (nSPS) is 11.8. The molecule has 1 rings (SSSR count). The Morgan fingerprint density at radius 3 is 2.70 bits per heavy atom. The van der Waals surface area contributed by atoms with E-state index in [4.69, 9.17) is 10.5 Å². The molecule has 0 fully saturated rings. The first kappa shape index (κ1) is 16.9. The minimum atomic E-state index is -3.44. The molecule has 3 N–H and O–H groups in total. The molecule has 0 spiro atoms. The number of nitrogens with one attached hydrogen (secondary N) is 1. The molecule has 0 aliphatic heterocycles. The SMILES string of the molecule is COc1ccccc1CCNS(=O)(=O)N(C)CCCN. The van der Waals surface area contributed by atoms with Crippen LogP contribution in [0.3, 0.4) is 0 Å². The highest BCUT2D eigenvalue weighted by atomic mass is 32.2. The van der Waals surface area contributed by atoms with Crippen LogP contribution in [0.1, 0.15) is 12.0 Å². The molecule has 0 saturated carbocycles. The molecule has 0 bridgehead atoms. The largest absolute Gasteiger partial charge is 0.496 e. The number of nitrogens with zero attached hydrogens (tertiary/aromatic N) is 1. The van der Waals surface area contributed by atoms with Crippen molar-refractivity contribution in [1.29, 1.82) is 0 Å². The van der Waals surface area contributed by atoms with Crippen molar-refractivity contribution in [2.75, 3.05) is 33.8 Å². The first-order chi connectivity index (χ1) is 9.51. The van der Waals surface area contributed by atoms with Crippen LogP contribution in [0.25, 0.3) is 0 Å². The van der Waals surface area contributed by atoms with Gasteiger partial charge in [-0.2, -0.15) is 12.7 Å². The minimum absolute atomic E-state index is 0.329. The van der Waals surface area contributed by atoms with Gasteiger partial charge in [0.1, 0.15) is 5.75 Å². The summed E-state index contributed by atoms with van der Waals surface area (Å²) in [6.07, 6.45) is 1.22. The van der Waals surface area contributed by atoms with E-state index >= 15 is 0 Å². The van der Waals surface area contributed by atoms with Crippen molar-refractivity contribution in [1.82, 2.24) is 9.03 Å². The van der Waals surface area contributed by atoms with Crippen molar-refractivity contribution in [3.63, 3.8) is 0 Å². The van der Waals surface area contributed by atoms with Gasteiger partial charge in [-0.3, -0.25) is 0 Å². The molecular weight excluding hydrogens is 278 g/mol. The molecule has 1 aromatic rings. The number of para-hydroxylation sites is 1. The first-order valence-corrected chi connectivity index (χ1v) is 7.98. The highest BCUT2D eigenvalue weighted by Crippen LogP contribution is 2.17. The molecule has 0 saturated heterocycles. The average Bonchev–Trinajstić information content (AvgIpc) is 2.45. The summed E-state index contributed by atoms with van der Waals surface area (Å²) in [7, 11) is -0.292. The van der Waals surface area contributed by atoms with Gasteiger partial charge >= 0.3 is 0 Å². The Morgan fingerprint density at radius 2 is 2.05 bits per heavy atom. The molecule has 0 unspecified atom stereocenters. The smallest absolute Gasteiger partial charge is 0.279 e. The maximum absolute atomic E-state index is 11.9. The van der Waals surface area contributed by atoms with Gasteiger partial charge in [0.25, 0.3) is 10.2 Å². The average molecular weight is 301 g/mol. The van der Waals surface area contributed by atoms with Gasteiger partial charge in [0.2, 0.25) is 0 Å². The lowest BCUT2D eigenvalue weighted by atomic mass is 10.1. The van der Waals surface area contributed by atoms with Crippen LogP contribution in [0.15, 0.2) is 24.3 Å². The number of methoxy groups -OCH3 is 1. The molecule has 114 valence electrons. The Labute approximate surface area is 121 Å². The Hall–Kier alpha value is -1.15. The summed E-state index contributed by atoms with van der Waals surface area (Å²) in [4.78, 5) is 0. The zero-order valence-corrected chi connectivity index (χ0v) is 12.8. The quantitative estimate of drug-likeness (QED) is 0.689. The van der Waals surface area contributed by atoms with E-state index in [0.29, 0.717) is 32.5 Å². The highest BCUT2D eigenvalue weighted by Gasteiger charge is 2.16. The molecule has 0 amide bonds. The van der Waals surface area contributed by atoms with Crippen molar-refractivity contribution in [3.05, 3.63) is 29.8 Å². The van der Waals surface area contributed by atoms with Crippen molar-refractivity contribution >= 4 is 10.2 Å². The number of hydrogen-bond donors (Lipinski definition) is 2. The van der Waals surface area contributed by atoms with E-state index in [9.17, 15) is 8.42 Å². The lowest BCUT2D eigenvalue weighted by Crippen LogP contribution is -2.40. The van der Waals surface area contributed by atoms with Gasteiger partial charge in [-0.15, -0.1) is 0 Å². The van der Waals surface area contributed by atoms with Gasteiger partial charge in [-0.1, -0.05) is 18.2 Å². The second-order valence-electron chi connectivity index (χ2n) is 4.42. The highest BCUT2D eigenvalue weighted by molar-refractivity contribution is 7.87. The Morgan fingerprint density at radius 1 is 1.35 bits per heavy atom. The molecule has 1 aromatic carbocycles. The summed E-state index contributed by atoms with van der Waals surface area (Å²) in [5.41, 5.74) is 6.35. The number of ether oxygens (including phenoxy) is 1. The van der Waals surface area contributed by atoms with Gasteiger partial charge in [-0.05, 0) is 31.0 Å². The van der Waals surface area contributed by atoms with Crippen LogP contribution in [0, 0.1) is 0 Å². The Kier molecular flexibility index (Phi) is 6.94. The predicted molar refractivity (Wildman–Crippen MR) is 79.9 cm³/mol. The fourth-order valence-electron chi connectivity index (χ4n) is 1.77. The third kappa shape index (κ3) is 5.09. The van der Waals surface area contributed by atoms with E-state index in [1.165, 1.54) is 4.31 Å². The molecule has 0 heterocycles. The monoisotopic (exact) mass is 301 g/mol. The minimum Gasteiger partial charge on any atom is -0.496 e. The maximum Gasteiger partial charge on any atom is 0.279 e. The van der Waals surface area contributed by atoms with Crippen LogP contribution < -0.4 is 15.2 Å². The van der Waals surface area contributed by atoms with Crippen LogP contribution in [0.4, 0.5) is 0 Å². The fourth-order valence-corrected chi connectivity index (χ4v) is 2.72. The molecule has 0 aromatic heterocycles. The zero-order chi connectivity index (χ0) is 15.0. The Bertz CT molecular complexity index is 505. The van der Waals surface area contributed by atoms with E-state index in [2.05, 4.69) is 4.72 Å². The molecule has 0 aliphatic rings. The van der Waals surface area contributed by atoms with E-state index < -0.39 is 10.2 Å².